The van der Waals surface area contributed by atoms with Crippen LogP contribution in [0.15, 0.2) is 40.7 Å². The SMILES string of the molecule is CC(C)c1csc(CNC(=NCC(=O)N(C)C)NC(C)c2ccccc2)n1.I. The predicted octanol–water partition coefficient (Wildman–Crippen LogP) is 3.77. The van der Waals surface area contributed by atoms with Crippen LogP contribution in [-0.2, 0) is 11.3 Å². The van der Waals surface area contributed by atoms with Gasteiger partial charge in [0, 0.05) is 19.5 Å². The van der Waals surface area contributed by atoms with Crippen molar-refractivity contribution in [3.63, 3.8) is 0 Å². The predicted molar refractivity (Wildman–Crippen MR) is 127 cm³/mol. The lowest BCUT2D eigenvalue weighted by Crippen LogP contribution is -2.39. The van der Waals surface area contributed by atoms with Crippen LogP contribution in [0.25, 0.3) is 0 Å². The molecule has 0 saturated carbocycles. The summed E-state index contributed by atoms with van der Waals surface area (Å²) in [6, 6.07) is 10.2. The van der Waals surface area contributed by atoms with E-state index in [1.165, 1.54) is 4.90 Å². The highest BCUT2D eigenvalue weighted by molar-refractivity contribution is 14.0. The van der Waals surface area contributed by atoms with E-state index in [0.717, 1.165) is 16.3 Å². The molecule has 154 valence electrons. The number of benzene rings is 1. The van der Waals surface area contributed by atoms with Gasteiger partial charge in [-0.1, -0.05) is 44.2 Å². The average Bonchev–Trinajstić information content (AvgIpc) is 3.13. The number of rotatable bonds is 7. The Hall–Kier alpha value is -1.68. The number of thiazole rings is 1. The number of guanidine groups is 1. The van der Waals surface area contributed by atoms with Crippen molar-refractivity contribution in [3.05, 3.63) is 52.0 Å². The van der Waals surface area contributed by atoms with E-state index < -0.39 is 0 Å². The molecule has 2 aromatic rings. The Labute approximate surface area is 188 Å². The molecule has 0 spiro atoms. The molecule has 0 bridgehead atoms. The van der Waals surface area contributed by atoms with Gasteiger partial charge in [0.1, 0.15) is 11.6 Å². The molecule has 0 aliphatic rings. The van der Waals surface area contributed by atoms with Crippen LogP contribution in [-0.4, -0.2) is 42.4 Å². The molecule has 28 heavy (non-hydrogen) atoms. The maximum atomic E-state index is 11.9. The Bertz CT molecular complexity index is 761. The molecule has 0 radical (unpaired) electrons. The molecule has 0 fully saturated rings. The minimum absolute atomic E-state index is 0. The van der Waals surface area contributed by atoms with Crippen LogP contribution in [0.1, 0.15) is 49.0 Å². The lowest BCUT2D eigenvalue weighted by atomic mass is 10.1. The second kappa shape index (κ2) is 12.0. The fourth-order valence-corrected chi connectivity index (χ4v) is 3.20. The van der Waals surface area contributed by atoms with Gasteiger partial charge in [-0.05, 0) is 18.4 Å². The van der Waals surface area contributed by atoms with Gasteiger partial charge in [-0.2, -0.15) is 0 Å². The summed E-state index contributed by atoms with van der Waals surface area (Å²) in [6.45, 7) is 7.00. The summed E-state index contributed by atoms with van der Waals surface area (Å²) < 4.78 is 0. The Morgan fingerprint density at radius 1 is 1.21 bits per heavy atom. The first kappa shape index (κ1) is 24.4. The molecule has 0 aliphatic carbocycles. The van der Waals surface area contributed by atoms with E-state index >= 15 is 0 Å². The molecule has 1 amide bonds. The summed E-state index contributed by atoms with van der Waals surface area (Å²) in [5.41, 5.74) is 2.26. The first-order chi connectivity index (χ1) is 12.9. The monoisotopic (exact) mass is 515 g/mol. The van der Waals surface area contributed by atoms with Crippen molar-refractivity contribution in [2.24, 2.45) is 4.99 Å². The third kappa shape index (κ3) is 7.75. The molecular formula is C20H30IN5OS. The first-order valence-corrected chi connectivity index (χ1v) is 9.99. The highest BCUT2D eigenvalue weighted by Gasteiger charge is 2.11. The summed E-state index contributed by atoms with van der Waals surface area (Å²) in [5, 5.41) is 9.76. The van der Waals surface area contributed by atoms with Gasteiger partial charge in [-0.25, -0.2) is 9.98 Å². The van der Waals surface area contributed by atoms with E-state index in [0.29, 0.717) is 18.4 Å². The zero-order valence-electron chi connectivity index (χ0n) is 17.1. The highest BCUT2D eigenvalue weighted by Crippen LogP contribution is 2.17. The fraction of sp³-hybridized carbons (Fsp3) is 0.450. The summed E-state index contributed by atoms with van der Waals surface area (Å²) in [5.74, 6) is 0.972. The Morgan fingerprint density at radius 3 is 2.46 bits per heavy atom. The van der Waals surface area contributed by atoms with Crippen LogP contribution in [0.4, 0.5) is 0 Å². The number of halogens is 1. The van der Waals surface area contributed by atoms with E-state index in [9.17, 15) is 4.79 Å². The van der Waals surface area contributed by atoms with Gasteiger partial charge in [0.2, 0.25) is 5.91 Å². The van der Waals surface area contributed by atoms with Gasteiger partial charge in [0.25, 0.3) is 0 Å². The molecule has 0 saturated heterocycles. The number of likely N-dealkylation sites (N-methyl/N-ethyl adjacent to an activating group) is 1. The van der Waals surface area contributed by atoms with Crippen molar-refractivity contribution in [3.8, 4) is 0 Å². The molecule has 2 rings (SSSR count). The molecule has 2 N–H and O–H groups in total. The van der Waals surface area contributed by atoms with E-state index in [1.807, 2.05) is 18.2 Å². The third-order valence-corrected chi connectivity index (χ3v) is 4.96. The maximum absolute atomic E-state index is 11.9. The molecule has 1 unspecified atom stereocenters. The molecule has 1 aromatic heterocycles. The second-order valence-electron chi connectivity index (χ2n) is 6.90. The van der Waals surface area contributed by atoms with Crippen molar-refractivity contribution < 1.29 is 4.79 Å². The van der Waals surface area contributed by atoms with Crippen molar-refractivity contribution in [2.45, 2.75) is 39.3 Å². The Balaban J connectivity index is 0.00000392. The zero-order valence-corrected chi connectivity index (χ0v) is 20.2. The minimum Gasteiger partial charge on any atom is -0.350 e. The Morgan fingerprint density at radius 2 is 1.89 bits per heavy atom. The maximum Gasteiger partial charge on any atom is 0.243 e. The van der Waals surface area contributed by atoms with E-state index in [1.54, 1.807) is 25.4 Å². The number of nitrogens with one attached hydrogen (secondary N) is 2. The van der Waals surface area contributed by atoms with Crippen molar-refractivity contribution in [1.29, 1.82) is 0 Å². The van der Waals surface area contributed by atoms with Gasteiger partial charge < -0.3 is 15.5 Å². The molecule has 0 aliphatic heterocycles. The number of nitrogens with zero attached hydrogens (tertiary/aromatic N) is 3. The molecule has 1 aromatic carbocycles. The van der Waals surface area contributed by atoms with Crippen LogP contribution in [0.5, 0.6) is 0 Å². The van der Waals surface area contributed by atoms with Crippen LogP contribution >= 0.6 is 35.3 Å². The Kier molecular flexibility index (Phi) is 10.4. The van der Waals surface area contributed by atoms with E-state index in [2.05, 4.69) is 58.9 Å². The quantitative estimate of drug-likeness (QED) is 0.335. The first-order valence-electron chi connectivity index (χ1n) is 9.11. The summed E-state index contributed by atoms with van der Waals surface area (Å²) in [7, 11) is 3.46. The van der Waals surface area contributed by atoms with Crippen LogP contribution in [0.2, 0.25) is 0 Å². The van der Waals surface area contributed by atoms with Gasteiger partial charge in [-0.3, -0.25) is 4.79 Å². The molecule has 8 heteroatoms. The third-order valence-electron chi connectivity index (χ3n) is 4.09. The van der Waals surface area contributed by atoms with Gasteiger partial charge in [0.15, 0.2) is 5.96 Å². The van der Waals surface area contributed by atoms with Gasteiger partial charge in [-0.15, -0.1) is 35.3 Å². The van der Waals surface area contributed by atoms with Crippen LogP contribution in [0.3, 0.4) is 0 Å². The number of amides is 1. The zero-order chi connectivity index (χ0) is 19.8. The van der Waals surface area contributed by atoms with Crippen LogP contribution < -0.4 is 10.6 Å². The number of hydrogen-bond acceptors (Lipinski definition) is 4. The normalized spacial score (nSPS) is 12.3. The number of carbonyl (C=O) groups excluding carboxylic acids is 1. The largest absolute Gasteiger partial charge is 0.350 e. The topological polar surface area (TPSA) is 69.6 Å². The summed E-state index contributed by atoms with van der Waals surface area (Å²) >= 11 is 1.63. The average molecular weight is 515 g/mol. The number of aliphatic imine (C=N–C) groups is 1. The van der Waals surface area contributed by atoms with E-state index in [4.69, 9.17) is 0 Å². The van der Waals surface area contributed by atoms with Gasteiger partial charge >= 0.3 is 0 Å². The molecule has 6 nitrogen and oxygen atoms in total. The number of carbonyl (C=O) groups is 1. The van der Waals surface area contributed by atoms with E-state index in [-0.39, 0.29) is 42.5 Å². The number of hydrogen-bond donors (Lipinski definition) is 2. The molecule has 1 atom stereocenters. The fourth-order valence-electron chi connectivity index (χ4n) is 2.30. The summed E-state index contributed by atoms with van der Waals surface area (Å²) in [4.78, 5) is 22.5. The van der Waals surface area contributed by atoms with Crippen molar-refractivity contribution in [2.75, 3.05) is 20.6 Å². The lowest BCUT2D eigenvalue weighted by molar-refractivity contribution is -0.127. The van der Waals surface area contributed by atoms with Crippen molar-refractivity contribution >= 4 is 47.2 Å². The highest BCUT2D eigenvalue weighted by atomic mass is 127. The standard InChI is InChI=1S/C20H29N5OS.HI/c1-14(2)17-13-27-18(24-17)11-21-20(22-12-19(26)25(4)5)23-15(3)16-9-7-6-8-10-16;/h6-10,13-15H,11-12H2,1-5H3,(H2,21,22,23);1H. The van der Waals surface area contributed by atoms with Crippen molar-refractivity contribution in [1.82, 2.24) is 20.5 Å². The summed E-state index contributed by atoms with van der Waals surface area (Å²) in [6.07, 6.45) is 0. The number of aromatic nitrogens is 1. The van der Waals surface area contributed by atoms with Gasteiger partial charge in [0.05, 0.1) is 18.3 Å². The smallest absolute Gasteiger partial charge is 0.243 e. The molecule has 1 heterocycles. The minimum atomic E-state index is -0.0418. The lowest BCUT2D eigenvalue weighted by Gasteiger charge is -2.18. The molecular weight excluding hydrogens is 485 g/mol. The van der Waals surface area contributed by atoms with Crippen LogP contribution in [0, 0.1) is 0 Å². The second-order valence-corrected chi connectivity index (χ2v) is 7.85.